The highest BCUT2D eigenvalue weighted by Crippen LogP contribution is 2.25. The molecule has 3 N–H and O–H groups in total. The normalized spacial score (nSPS) is 13.8. The van der Waals surface area contributed by atoms with Gasteiger partial charge in [0.25, 0.3) is 0 Å². The molecule has 1 rings (SSSR count). The minimum Gasteiger partial charge on any atom is -0.374 e. The van der Waals surface area contributed by atoms with Gasteiger partial charge in [0.2, 0.25) is 0 Å². The van der Waals surface area contributed by atoms with Crippen LogP contribution in [0.15, 0.2) is 0 Å². The van der Waals surface area contributed by atoms with E-state index in [9.17, 15) is 0 Å². The smallest absolute Gasteiger partial charge is 0.0847 e. The number of hydrogen-bond acceptors (Lipinski definition) is 4. The molecule has 0 aliphatic heterocycles. The van der Waals surface area contributed by atoms with E-state index < -0.39 is 0 Å². The minimum atomic E-state index is -0.371. The molecular formula is C13H25ClN4O. The summed E-state index contributed by atoms with van der Waals surface area (Å²) in [6, 6.07) is -0.0358. The Balaban J connectivity index is 2.99. The molecule has 5 nitrogen and oxygen atoms in total. The van der Waals surface area contributed by atoms with Crippen molar-refractivity contribution >= 4 is 11.6 Å². The van der Waals surface area contributed by atoms with E-state index in [0.717, 1.165) is 23.0 Å². The molecule has 0 saturated carbocycles. The zero-order valence-corrected chi connectivity index (χ0v) is 13.2. The molecule has 1 aromatic rings. The van der Waals surface area contributed by atoms with Gasteiger partial charge < -0.3 is 4.74 Å². The van der Waals surface area contributed by atoms with Crippen molar-refractivity contribution in [2.24, 2.45) is 5.84 Å². The van der Waals surface area contributed by atoms with E-state index in [4.69, 9.17) is 22.2 Å². The Morgan fingerprint density at radius 1 is 1.47 bits per heavy atom. The molecule has 0 bridgehead atoms. The average Bonchev–Trinajstić information content (AvgIpc) is 2.62. The number of hydrogen-bond donors (Lipinski definition) is 2. The summed E-state index contributed by atoms with van der Waals surface area (Å²) >= 11 is 6.33. The van der Waals surface area contributed by atoms with Gasteiger partial charge in [0.15, 0.2) is 0 Å². The maximum Gasteiger partial charge on any atom is 0.0847 e. The number of halogens is 1. The van der Waals surface area contributed by atoms with Gasteiger partial charge in [-0.3, -0.25) is 16.0 Å². The molecule has 110 valence electrons. The fourth-order valence-corrected chi connectivity index (χ4v) is 2.45. The predicted octanol–water partition coefficient (Wildman–Crippen LogP) is 2.05. The van der Waals surface area contributed by atoms with E-state index >= 15 is 0 Å². The number of hydrazine groups is 1. The summed E-state index contributed by atoms with van der Waals surface area (Å²) in [5.41, 5.74) is 4.32. The van der Waals surface area contributed by atoms with Crippen molar-refractivity contribution in [3.8, 4) is 0 Å². The molecule has 0 radical (unpaired) electrons. The number of nitrogens with one attached hydrogen (secondary N) is 1. The van der Waals surface area contributed by atoms with Crippen LogP contribution in [0, 0.1) is 6.92 Å². The topological polar surface area (TPSA) is 65.1 Å². The lowest BCUT2D eigenvalue weighted by Gasteiger charge is -2.33. The molecule has 1 heterocycles. The molecule has 1 aromatic heterocycles. The summed E-state index contributed by atoms with van der Waals surface area (Å²) in [7, 11) is 0. The van der Waals surface area contributed by atoms with Crippen LogP contribution in [0.4, 0.5) is 0 Å². The Morgan fingerprint density at radius 2 is 2.11 bits per heavy atom. The monoisotopic (exact) mass is 288 g/mol. The number of aromatic nitrogens is 2. The third kappa shape index (κ3) is 3.69. The summed E-state index contributed by atoms with van der Waals surface area (Å²) in [5, 5.41) is 5.14. The van der Waals surface area contributed by atoms with Gasteiger partial charge in [-0.1, -0.05) is 11.6 Å². The Bertz CT molecular complexity index is 417. The van der Waals surface area contributed by atoms with E-state index in [1.807, 2.05) is 39.3 Å². The third-order valence-electron chi connectivity index (χ3n) is 3.41. The van der Waals surface area contributed by atoms with E-state index in [0.29, 0.717) is 13.0 Å². The van der Waals surface area contributed by atoms with Crippen LogP contribution in [0.3, 0.4) is 0 Å². The minimum absolute atomic E-state index is 0.0358. The second-order valence-electron chi connectivity index (χ2n) is 5.12. The predicted molar refractivity (Wildman–Crippen MR) is 78.2 cm³/mol. The summed E-state index contributed by atoms with van der Waals surface area (Å²) in [6.45, 7) is 11.4. The van der Waals surface area contributed by atoms with Crippen molar-refractivity contribution in [2.75, 3.05) is 6.61 Å². The first kappa shape index (κ1) is 16.4. The Morgan fingerprint density at radius 3 is 2.58 bits per heavy atom. The van der Waals surface area contributed by atoms with Gasteiger partial charge in [-0.05, 0) is 34.6 Å². The van der Waals surface area contributed by atoms with Crippen LogP contribution in [0.1, 0.15) is 39.1 Å². The third-order valence-corrected chi connectivity index (χ3v) is 3.90. The van der Waals surface area contributed by atoms with Crippen molar-refractivity contribution in [1.29, 1.82) is 0 Å². The van der Waals surface area contributed by atoms with Crippen molar-refractivity contribution in [3.63, 3.8) is 0 Å². The Labute approximate surface area is 120 Å². The molecule has 0 aliphatic rings. The summed E-state index contributed by atoms with van der Waals surface area (Å²) < 4.78 is 7.68. The average molecular weight is 289 g/mol. The standard InChI is InChI=1S/C13H25ClN4O/c1-6-18-10(12(14)9(3)17-18)8-11(16-15)13(4,5)19-7-2/h11,16H,6-8,15H2,1-5H3. The van der Waals surface area contributed by atoms with Crippen LogP contribution in [0.5, 0.6) is 0 Å². The lowest BCUT2D eigenvalue weighted by molar-refractivity contribution is -0.0384. The van der Waals surface area contributed by atoms with Crippen LogP contribution < -0.4 is 11.3 Å². The first-order valence-corrected chi connectivity index (χ1v) is 7.07. The zero-order chi connectivity index (χ0) is 14.6. The van der Waals surface area contributed by atoms with Gasteiger partial charge in [-0.2, -0.15) is 5.10 Å². The van der Waals surface area contributed by atoms with E-state index in [2.05, 4.69) is 10.5 Å². The van der Waals surface area contributed by atoms with Gasteiger partial charge in [-0.15, -0.1) is 0 Å². The Kier molecular flexibility index (Phi) is 5.80. The molecule has 0 aliphatic carbocycles. The van der Waals surface area contributed by atoms with Crippen molar-refractivity contribution in [2.45, 2.75) is 59.2 Å². The van der Waals surface area contributed by atoms with E-state index in [-0.39, 0.29) is 11.6 Å². The molecular weight excluding hydrogens is 264 g/mol. The van der Waals surface area contributed by atoms with Gasteiger partial charge in [0.1, 0.15) is 0 Å². The number of rotatable bonds is 7. The number of nitrogens with two attached hydrogens (primary N) is 1. The summed E-state index contributed by atoms with van der Waals surface area (Å²) in [4.78, 5) is 0. The lowest BCUT2D eigenvalue weighted by Crippen LogP contribution is -2.53. The van der Waals surface area contributed by atoms with E-state index in [1.165, 1.54) is 0 Å². The molecule has 1 atom stereocenters. The molecule has 0 aromatic carbocycles. The second kappa shape index (κ2) is 6.70. The van der Waals surface area contributed by atoms with Crippen molar-refractivity contribution in [1.82, 2.24) is 15.2 Å². The molecule has 0 amide bonds. The summed E-state index contributed by atoms with van der Waals surface area (Å²) in [6.07, 6.45) is 0.678. The molecule has 0 saturated heterocycles. The number of aryl methyl sites for hydroxylation is 2. The van der Waals surface area contributed by atoms with Crippen molar-refractivity contribution in [3.05, 3.63) is 16.4 Å². The zero-order valence-electron chi connectivity index (χ0n) is 12.5. The fraction of sp³-hybridized carbons (Fsp3) is 0.769. The maximum atomic E-state index is 6.33. The van der Waals surface area contributed by atoms with Crippen LogP contribution >= 0.6 is 11.6 Å². The lowest BCUT2D eigenvalue weighted by atomic mass is 9.94. The Hall–Kier alpha value is -0.620. The number of nitrogens with zero attached hydrogens (tertiary/aromatic N) is 2. The first-order valence-electron chi connectivity index (χ1n) is 6.69. The van der Waals surface area contributed by atoms with E-state index in [1.54, 1.807) is 0 Å². The number of ether oxygens (including phenoxy) is 1. The van der Waals surface area contributed by atoms with Gasteiger partial charge in [-0.25, -0.2) is 0 Å². The molecule has 19 heavy (non-hydrogen) atoms. The molecule has 0 fully saturated rings. The van der Waals surface area contributed by atoms with Crippen LogP contribution in [-0.2, 0) is 17.7 Å². The van der Waals surface area contributed by atoms with Gasteiger partial charge in [0.05, 0.1) is 28.1 Å². The van der Waals surface area contributed by atoms with Gasteiger partial charge in [0, 0.05) is 19.6 Å². The van der Waals surface area contributed by atoms with Crippen LogP contribution in [0.2, 0.25) is 5.02 Å². The SMILES string of the molecule is CCOC(C)(C)C(Cc1c(Cl)c(C)nn1CC)NN. The quantitative estimate of drug-likeness (QED) is 0.595. The fourth-order valence-electron chi connectivity index (χ4n) is 2.24. The molecule has 0 spiro atoms. The van der Waals surface area contributed by atoms with Crippen molar-refractivity contribution < 1.29 is 4.74 Å². The van der Waals surface area contributed by atoms with Gasteiger partial charge >= 0.3 is 0 Å². The second-order valence-corrected chi connectivity index (χ2v) is 5.50. The highest BCUT2D eigenvalue weighted by molar-refractivity contribution is 6.31. The molecule has 6 heteroatoms. The summed E-state index contributed by atoms with van der Waals surface area (Å²) in [5.74, 6) is 5.68. The van der Waals surface area contributed by atoms with Crippen LogP contribution in [-0.4, -0.2) is 28.0 Å². The molecule has 1 unspecified atom stereocenters. The highest BCUT2D eigenvalue weighted by atomic mass is 35.5. The van der Waals surface area contributed by atoms with Crippen LogP contribution in [0.25, 0.3) is 0 Å². The largest absolute Gasteiger partial charge is 0.374 e. The highest BCUT2D eigenvalue weighted by Gasteiger charge is 2.31. The first-order chi connectivity index (χ1) is 8.87. The maximum absolute atomic E-state index is 6.33.